The van der Waals surface area contributed by atoms with Gasteiger partial charge in [-0.05, 0) is 26.8 Å². The van der Waals surface area contributed by atoms with Gasteiger partial charge >= 0.3 is 0 Å². The average molecular weight is 247 g/mol. The second-order valence-corrected chi connectivity index (χ2v) is 4.24. The number of hydrogen-bond donors (Lipinski definition) is 1. The standard InChI is InChI=1S/C12H17N5O/c1-5-17-11(8(2)7-13-17)14-12(18)10-6-9(3)16(4)15-10/h6-7H,5H2,1-4H3,(H,14,18). The smallest absolute Gasteiger partial charge is 0.277 e. The summed E-state index contributed by atoms with van der Waals surface area (Å²) in [5.74, 6) is 0.516. The molecule has 2 aromatic rings. The first-order chi connectivity index (χ1) is 8.52. The van der Waals surface area contributed by atoms with Gasteiger partial charge < -0.3 is 5.32 Å². The number of anilines is 1. The number of carbonyl (C=O) groups is 1. The number of hydrogen-bond acceptors (Lipinski definition) is 3. The van der Waals surface area contributed by atoms with Gasteiger partial charge in [0.05, 0.1) is 6.20 Å². The quantitative estimate of drug-likeness (QED) is 0.894. The highest BCUT2D eigenvalue weighted by Crippen LogP contribution is 2.15. The van der Waals surface area contributed by atoms with Crippen LogP contribution in [-0.2, 0) is 13.6 Å². The monoisotopic (exact) mass is 247 g/mol. The Morgan fingerprint density at radius 3 is 2.72 bits per heavy atom. The van der Waals surface area contributed by atoms with Crippen molar-refractivity contribution in [2.75, 3.05) is 5.32 Å². The van der Waals surface area contributed by atoms with E-state index in [0.717, 1.165) is 17.1 Å². The Labute approximate surface area is 106 Å². The van der Waals surface area contributed by atoms with Crippen LogP contribution < -0.4 is 5.32 Å². The van der Waals surface area contributed by atoms with Gasteiger partial charge in [0.25, 0.3) is 5.91 Å². The van der Waals surface area contributed by atoms with Crippen LogP contribution in [0.2, 0.25) is 0 Å². The third kappa shape index (κ3) is 2.13. The van der Waals surface area contributed by atoms with Crippen LogP contribution in [0.4, 0.5) is 5.82 Å². The minimum Gasteiger partial charge on any atom is -0.305 e. The number of carbonyl (C=O) groups excluding carboxylic acids is 1. The van der Waals surface area contributed by atoms with E-state index in [0.29, 0.717) is 12.2 Å². The summed E-state index contributed by atoms with van der Waals surface area (Å²) >= 11 is 0. The summed E-state index contributed by atoms with van der Waals surface area (Å²) in [7, 11) is 1.81. The number of aryl methyl sites for hydroxylation is 4. The molecule has 2 heterocycles. The molecule has 0 bridgehead atoms. The Bertz CT molecular complexity index is 562. The summed E-state index contributed by atoms with van der Waals surface area (Å²) < 4.78 is 3.43. The summed E-state index contributed by atoms with van der Waals surface area (Å²) in [5, 5.41) is 11.2. The fourth-order valence-electron chi connectivity index (χ4n) is 1.72. The molecular formula is C12H17N5O. The average Bonchev–Trinajstić information content (AvgIpc) is 2.85. The van der Waals surface area contributed by atoms with Crippen molar-refractivity contribution in [3.05, 3.63) is 29.2 Å². The molecule has 6 heteroatoms. The largest absolute Gasteiger partial charge is 0.305 e. The van der Waals surface area contributed by atoms with Crippen LogP contribution in [0, 0.1) is 13.8 Å². The van der Waals surface area contributed by atoms with Crippen molar-refractivity contribution in [3.8, 4) is 0 Å². The molecule has 0 aliphatic heterocycles. The van der Waals surface area contributed by atoms with Crippen molar-refractivity contribution in [1.82, 2.24) is 19.6 Å². The molecular weight excluding hydrogens is 230 g/mol. The fourth-order valence-corrected chi connectivity index (χ4v) is 1.72. The van der Waals surface area contributed by atoms with Gasteiger partial charge in [0.1, 0.15) is 5.82 Å². The van der Waals surface area contributed by atoms with E-state index in [1.165, 1.54) is 0 Å². The zero-order valence-electron chi connectivity index (χ0n) is 11.1. The normalized spacial score (nSPS) is 10.7. The predicted octanol–water partition coefficient (Wildman–Crippen LogP) is 1.51. The molecule has 0 saturated carbocycles. The molecule has 0 aromatic carbocycles. The van der Waals surface area contributed by atoms with Gasteiger partial charge in [-0.25, -0.2) is 4.68 Å². The van der Waals surface area contributed by atoms with Crippen molar-refractivity contribution >= 4 is 11.7 Å². The zero-order chi connectivity index (χ0) is 13.3. The Morgan fingerprint density at radius 2 is 2.17 bits per heavy atom. The van der Waals surface area contributed by atoms with Crippen LogP contribution in [0.1, 0.15) is 28.7 Å². The summed E-state index contributed by atoms with van der Waals surface area (Å²) in [4.78, 5) is 12.1. The number of nitrogens with one attached hydrogen (secondary N) is 1. The van der Waals surface area contributed by atoms with Gasteiger partial charge in [-0.1, -0.05) is 0 Å². The molecule has 18 heavy (non-hydrogen) atoms. The van der Waals surface area contributed by atoms with E-state index in [1.54, 1.807) is 21.6 Å². The summed E-state index contributed by atoms with van der Waals surface area (Å²) in [5.41, 5.74) is 2.30. The van der Waals surface area contributed by atoms with Crippen LogP contribution >= 0.6 is 0 Å². The van der Waals surface area contributed by atoms with Crippen LogP contribution in [0.25, 0.3) is 0 Å². The van der Waals surface area contributed by atoms with Crippen molar-refractivity contribution in [2.45, 2.75) is 27.3 Å². The van der Waals surface area contributed by atoms with Gasteiger partial charge in [0.15, 0.2) is 5.69 Å². The van der Waals surface area contributed by atoms with Crippen LogP contribution in [0.5, 0.6) is 0 Å². The fraction of sp³-hybridized carbons (Fsp3) is 0.417. The lowest BCUT2D eigenvalue weighted by molar-refractivity contribution is 0.102. The Hall–Kier alpha value is -2.11. The SMILES string of the molecule is CCn1ncc(C)c1NC(=O)c1cc(C)n(C)n1. The molecule has 1 amide bonds. The molecule has 1 N–H and O–H groups in total. The van der Waals surface area contributed by atoms with E-state index in [-0.39, 0.29) is 5.91 Å². The molecule has 0 fully saturated rings. The zero-order valence-corrected chi connectivity index (χ0v) is 11.1. The maximum Gasteiger partial charge on any atom is 0.277 e. The highest BCUT2D eigenvalue weighted by molar-refractivity contribution is 6.02. The van der Waals surface area contributed by atoms with Crippen molar-refractivity contribution in [2.24, 2.45) is 7.05 Å². The lowest BCUT2D eigenvalue weighted by atomic mass is 10.3. The first kappa shape index (κ1) is 12.3. The van der Waals surface area contributed by atoms with Gasteiger partial charge in [-0.3, -0.25) is 9.48 Å². The first-order valence-electron chi connectivity index (χ1n) is 5.87. The minimum atomic E-state index is -0.211. The summed E-state index contributed by atoms with van der Waals surface area (Å²) in [6.07, 6.45) is 1.74. The minimum absolute atomic E-state index is 0.211. The first-order valence-corrected chi connectivity index (χ1v) is 5.87. The highest BCUT2D eigenvalue weighted by Gasteiger charge is 2.14. The van der Waals surface area contributed by atoms with E-state index >= 15 is 0 Å². The molecule has 0 aliphatic carbocycles. The molecule has 0 atom stereocenters. The van der Waals surface area contributed by atoms with Gasteiger partial charge in [-0.15, -0.1) is 0 Å². The van der Waals surface area contributed by atoms with Gasteiger partial charge in [-0.2, -0.15) is 10.2 Å². The molecule has 0 spiro atoms. The maximum atomic E-state index is 12.1. The molecule has 0 radical (unpaired) electrons. The Morgan fingerprint density at radius 1 is 1.44 bits per heavy atom. The van der Waals surface area contributed by atoms with Crippen molar-refractivity contribution in [1.29, 1.82) is 0 Å². The topological polar surface area (TPSA) is 64.7 Å². The maximum absolute atomic E-state index is 12.1. The molecule has 0 saturated heterocycles. The predicted molar refractivity (Wildman–Crippen MR) is 68.5 cm³/mol. The second kappa shape index (κ2) is 4.64. The van der Waals surface area contributed by atoms with Crippen molar-refractivity contribution in [3.63, 3.8) is 0 Å². The number of nitrogens with zero attached hydrogens (tertiary/aromatic N) is 4. The molecule has 2 rings (SSSR count). The van der Waals surface area contributed by atoms with Crippen molar-refractivity contribution < 1.29 is 4.79 Å². The summed E-state index contributed by atoms with van der Waals surface area (Å²) in [6, 6.07) is 1.76. The van der Waals surface area contributed by atoms with Crippen LogP contribution in [-0.4, -0.2) is 25.5 Å². The van der Waals surface area contributed by atoms with E-state index in [9.17, 15) is 4.79 Å². The van der Waals surface area contributed by atoms with E-state index in [4.69, 9.17) is 0 Å². The van der Waals surface area contributed by atoms with Gasteiger partial charge in [0, 0.05) is 24.8 Å². The molecule has 0 unspecified atom stereocenters. The van der Waals surface area contributed by atoms with Crippen LogP contribution in [0.3, 0.4) is 0 Å². The molecule has 2 aromatic heterocycles. The third-order valence-corrected chi connectivity index (χ3v) is 2.90. The highest BCUT2D eigenvalue weighted by atomic mass is 16.2. The van der Waals surface area contributed by atoms with E-state index in [1.807, 2.05) is 27.8 Å². The third-order valence-electron chi connectivity index (χ3n) is 2.90. The van der Waals surface area contributed by atoms with E-state index < -0.39 is 0 Å². The number of aromatic nitrogens is 4. The van der Waals surface area contributed by atoms with Crippen LogP contribution in [0.15, 0.2) is 12.3 Å². The number of amides is 1. The second-order valence-electron chi connectivity index (χ2n) is 4.24. The molecule has 96 valence electrons. The number of rotatable bonds is 3. The summed E-state index contributed by atoms with van der Waals surface area (Å²) in [6.45, 7) is 6.52. The Kier molecular flexibility index (Phi) is 3.18. The van der Waals surface area contributed by atoms with E-state index in [2.05, 4.69) is 15.5 Å². The lowest BCUT2D eigenvalue weighted by Gasteiger charge is -2.06. The Balaban J connectivity index is 2.23. The lowest BCUT2D eigenvalue weighted by Crippen LogP contribution is -2.17. The van der Waals surface area contributed by atoms with Gasteiger partial charge in [0.2, 0.25) is 0 Å². The molecule has 6 nitrogen and oxygen atoms in total. The molecule has 0 aliphatic rings.